The van der Waals surface area contributed by atoms with E-state index >= 15 is 0 Å². The number of hydrogen-bond acceptors (Lipinski definition) is 4. The molecule has 0 unspecified atom stereocenters. The Morgan fingerprint density at radius 3 is 2.81 bits per heavy atom. The average molecular weight is 307 g/mol. The van der Waals surface area contributed by atoms with E-state index < -0.39 is 0 Å². The van der Waals surface area contributed by atoms with E-state index in [0.29, 0.717) is 13.1 Å². The van der Waals surface area contributed by atoms with Crippen LogP contribution in [0.25, 0.3) is 10.2 Å². The van der Waals surface area contributed by atoms with Crippen molar-refractivity contribution in [1.29, 1.82) is 0 Å². The molecule has 112 valence electrons. The third kappa shape index (κ3) is 3.00. The SMILES string of the molecule is CC(C)(C)NC(=O)C1CN(c2nc3ccc(F)cc3s2)C1. The predicted octanol–water partition coefficient (Wildman–Crippen LogP) is 2.79. The molecule has 2 heterocycles. The molecule has 1 aromatic carbocycles. The first kappa shape index (κ1) is 14.3. The van der Waals surface area contributed by atoms with Gasteiger partial charge in [-0.2, -0.15) is 0 Å². The van der Waals surface area contributed by atoms with E-state index in [-0.39, 0.29) is 23.2 Å². The Bertz CT molecular complexity index is 686. The smallest absolute Gasteiger partial charge is 0.227 e. The van der Waals surface area contributed by atoms with E-state index in [1.807, 2.05) is 20.8 Å². The van der Waals surface area contributed by atoms with Gasteiger partial charge in [-0.1, -0.05) is 11.3 Å². The molecule has 3 rings (SSSR count). The minimum absolute atomic E-state index is 0.00738. The van der Waals surface area contributed by atoms with Crippen molar-refractivity contribution in [2.45, 2.75) is 26.3 Å². The summed E-state index contributed by atoms with van der Waals surface area (Å²) in [5.74, 6) is -0.150. The van der Waals surface area contributed by atoms with Crippen molar-refractivity contribution in [2.24, 2.45) is 5.92 Å². The lowest BCUT2D eigenvalue weighted by atomic mass is 9.98. The Labute approximate surface area is 127 Å². The fourth-order valence-corrected chi connectivity index (χ4v) is 3.30. The summed E-state index contributed by atoms with van der Waals surface area (Å²) in [6, 6.07) is 4.61. The maximum atomic E-state index is 13.2. The van der Waals surface area contributed by atoms with Crippen molar-refractivity contribution in [1.82, 2.24) is 10.3 Å². The number of anilines is 1. The summed E-state index contributed by atoms with van der Waals surface area (Å²) in [6.45, 7) is 7.27. The molecule has 1 aliphatic heterocycles. The highest BCUT2D eigenvalue weighted by atomic mass is 32.1. The lowest BCUT2D eigenvalue weighted by Crippen LogP contribution is -2.56. The Morgan fingerprint density at radius 2 is 2.14 bits per heavy atom. The first-order chi connectivity index (χ1) is 9.82. The molecule has 1 aromatic heterocycles. The summed E-state index contributed by atoms with van der Waals surface area (Å²) < 4.78 is 14.0. The molecule has 0 bridgehead atoms. The van der Waals surface area contributed by atoms with Crippen LogP contribution in [-0.4, -0.2) is 29.5 Å². The van der Waals surface area contributed by atoms with Crippen LogP contribution in [0.5, 0.6) is 0 Å². The van der Waals surface area contributed by atoms with Crippen LogP contribution in [0.4, 0.5) is 9.52 Å². The van der Waals surface area contributed by atoms with E-state index in [9.17, 15) is 9.18 Å². The molecule has 1 amide bonds. The van der Waals surface area contributed by atoms with Gasteiger partial charge in [0.05, 0.1) is 16.1 Å². The normalized spacial score (nSPS) is 16.1. The zero-order valence-electron chi connectivity index (χ0n) is 12.3. The zero-order valence-corrected chi connectivity index (χ0v) is 13.1. The van der Waals surface area contributed by atoms with Crippen LogP contribution in [-0.2, 0) is 4.79 Å². The van der Waals surface area contributed by atoms with Gasteiger partial charge in [-0.25, -0.2) is 9.37 Å². The van der Waals surface area contributed by atoms with Crippen molar-refractivity contribution >= 4 is 32.6 Å². The van der Waals surface area contributed by atoms with Gasteiger partial charge >= 0.3 is 0 Å². The number of nitrogens with one attached hydrogen (secondary N) is 1. The number of carbonyl (C=O) groups is 1. The summed E-state index contributed by atoms with van der Waals surface area (Å²) in [4.78, 5) is 18.6. The average Bonchev–Trinajstić information content (AvgIpc) is 2.66. The number of halogens is 1. The van der Waals surface area contributed by atoms with E-state index in [1.165, 1.54) is 23.5 Å². The maximum absolute atomic E-state index is 13.2. The summed E-state index contributed by atoms with van der Waals surface area (Å²) in [5.41, 5.74) is 0.601. The Hall–Kier alpha value is -1.69. The van der Waals surface area contributed by atoms with Gasteiger partial charge in [0.25, 0.3) is 0 Å². The summed E-state index contributed by atoms with van der Waals surface area (Å²) in [7, 11) is 0. The fourth-order valence-electron chi connectivity index (χ4n) is 2.29. The molecular formula is C15H18FN3OS. The van der Waals surface area contributed by atoms with E-state index in [4.69, 9.17) is 0 Å². The number of amides is 1. The highest BCUT2D eigenvalue weighted by molar-refractivity contribution is 7.22. The maximum Gasteiger partial charge on any atom is 0.227 e. The molecule has 0 spiro atoms. The molecule has 1 saturated heterocycles. The number of fused-ring (bicyclic) bond motifs is 1. The molecule has 0 aliphatic carbocycles. The molecular weight excluding hydrogens is 289 g/mol. The van der Waals surface area contributed by atoms with E-state index in [2.05, 4.69) is 15.2 Å². The first-order valence-corrected chi connectivity index (χ1v) is 7.76. The third-order valence-corrected chi connectivity index (χ3v) is 4.44. The van der Waals surface area contributed by atoms with Gasteiger partial charge in [-0.05, 0) is 39.0 Å². The van der Waals surface area contributed by atoms with E-state index in [1.54, 1.807) is 6.07 Å². The summed E-state index contributed by atoms with van der Waals surface area (Å²) in [5, 5.41) is 3.85. The molecule has 4 nitrogen and oxygen atoms in total. The second-order valence-corrected chi connectivity index (χ2v) is 7.46. The number of rotatable bonds is 2. The number of carbonyl (C=O) groups excluding carboxylic acids is 1. The van der Waals surface area contributed by atoms with Crippen molar-refractivity contribution in [3.05, 3.63) is 24.0 Å². The highest BCUT2D eigenvalue weighted by Crippen LogP contribution is 2.33. The Balaban J connectivity index is 1.66. The third-order valence-electron chi connectivity index (χ3n) is 3.36. The molecule has 2 aromatic rings. The van der Waals surface area contributed by atoms with Crippen LogP contribution in [0.3, 0.4) is 0 Å². The van der Waals surface area contributed by atoms with Crippen molar-refractivity contribution in [3.63, 3.8) is 0 Å². The number of aromatic nitrogens is 1. The lowest BCUT2D eigenvalue weighted by Gasteiger charge is -2.39. The van der Waals surface area contributed by atoms with Crippen LogP contribution >= 0.6 is 11.3 Å². The molecule has 1 N–H and O–H groups in total. The van der Waals surface area contributed by atoms with Crippen molar-refractivity contribution in [3.8, 4) is 0 Å². The second-order valence-electron chi connectivity index (χ2n) is 6.45. The number of benzene rings is 1. The summed E-state index contributed by atoms with van der Waals surface area (Å²) in [6.07, 6.45) is 0. The Kier molecular flexibility index (Phi) is 3.36. The minimum Gasteiger partial charge on any atom is -0.351 e. The number of nitrogens with zero attached hydrogens (tertiary/aromatic N) is 2. The van der Waals surface area contributed by atoms with Crippen LogP contribution in [0, 0.1) is 11.7 Å². The standard InChI is InChI=1S/C15H18FN3OS/c1-15(2,3)18-13(20)9-7-19(8-9)14-17-11-5-4-10(16)6-12(11)21-14/h4-6,9H,7-8H2,1-3H3,(H,18,20). The van der Waals surface area contributed by atoms with Gasteiger partial charge in [-0.15, -0.1) is 0 Å². The van der Waals surface area contributed by atoms with Crippen LogP contribution in [0.15, 0.2) is 18.2 Å². The minimum atomic E-state index is -0.247. The quantitative estimate of drug-likeness (QED) is 0.928. The molecule has 6 heteroatoms. The van der Waals surface area contributed by atoms with Gasteiger partial charge in [0, 0.05) is 18.6 Å². The topological polar surface area (TPSA) is 45.2 Å². The number of thiazole rings is 1. The van der Waals surface area contributed by atoms with E-state index in [0.717, 1.165) is 15.3 Å². The molecule has 21 heavy (non-hydrogen) atoms. The lowest BCUT2D eigenvalue weighted by molar-refractivity contribution is -0.127. The van der Waals surface area contributed by atoms with Crippen molar-refractivity contribution in [2.75, 3.05) is 18.0 Å². The molecule has 0 saturated carbocycles. The van der Waals surface area contributed by atoms with Crippen LogP contribution in [0.1, 0.15) is 20.8 Å². The molecule has 0 radical (unpaired) electrons. The van der Waals surface area contributed by atoms with Crippen LogP contribution < -0.4 is 10.2 Å². The highest BCUT2D eigenvalue weighted by Gasteiger charge is 2.35. The Morgan fingerprint density at radius 1 is 1.43 bits per heavy atom. The molecule has 1 fully saturated rings. The van der Waals surface area contributed by atoms with Gasteiger partial charge in [0.2, 0.25) is 5.91 Å². The van der Waals surface area contributed by atoms with Gasteiger partial charge < -0.3 is 10.2 Å². The molecule has 1 aliphatic rings. The number of hydrogen-bond donors (Lipinski definition) is 1. The van der Waals surface area contributed by atoms with Gasteiger partial charge in [0.15, 0.2) is 5.13 Å². The second kappa shape index (κ2) is 4.94. The summed E-state index contributed by atoms with van der Waals surface area (Å²) >= 11 is 1.47. The van der Waals surface area contributed by atoms with Crippen LogP contribution in [0.2, 0.25) is 0 Å². The largest absolute Gasteiger partial charge is 0.351 e. The predicted molar refractivity (Wildman–Crippen MR) is 83.2 cm³/mol. The fraction of sp³-hybridized carbons (Fsp3) is 0.467. The first-order valence-electron chi connectivity index (χ1n) is 6.95. The monoisotopic (exact) mass is 307 g/mol. The van der Waals surface area contributed by atoms with Crippen molar-refractivity contribution < 1.29 is 9.18 Å². The molecule has 0 atom stereocenters. The van der Waals surface area contributed by atoms with Gasteiger partial charge in [0.1, 0.15) is 5.82 Å². The van der Waals surface area contributed by atoms with Gasteiger partial charge in [-0.3, -0.25) is 4.79 Å². The zero-order chi connectivity index (χ0) is 15.2.